The summed E-state index contributed by atoms with van der Waals surface area (Å²) in [7, 11) is 0. The van der Waals surface area contributed by atoms with Crippen LogP contribution in [0.2, 0.25) is 0 Å². The van der Waals surface area contributed by atoms with E-state index in [1.54, 1.807) is 0 Å². The highest BCUT2D eigenvalue weighted by atomic mass is 16.3. The molecule has 0 saturated carbocycles. The summed E-state index contributed by atoms with van der Waals surface area (Å²) in [6, 6.07) is 79.8. The number of nitrogens with zero attached hydrogens (tertiary/aromatic N) is 5. The molecule has 0 spiro atoms. The monoisotopic (exact) mass is 879 g/mol. The maximum Gasteiger partial charge on any atom is 0.166 e. The van der Waals surface area contributed by atoms with Crippen LogP contribution < -0.4 is 0 Å². The number of rotatable bonds is 5. The Labute approximate surface area is 394 Å². The zero-order valence-corrected chi connectivity index (χ0v) is 37.0. The topological polar surface area (TPSA) is 61.7 Å². The predicted octanol–water partition coefficient (Wildman–Crippen LogP) is 16.4. The van der Waals surface area contributed by atoms with Crippen molar-refractivity contribution in [2.75, 3.05) is 0 Å². The summed E-state index contributed by atoms with van der Waals surface area (Å²) in [6.07, 6.45) is 0. The Kier molecular flexibility index (Phi) is 7.97. The molecule has 0 atom stereocenters. The molecule has 0 bridgehead atoms. The SMILES string of the molecule is c1ccc(-n2c3ccccc3c3cc(-c4nc(-c5cc6oc7cc8ccccc8cc7c6cc5-n5c6ccccc6c6cc7ccccc7cc65)nc(-c5cccc6ccccc56)n4)ccc32)cc1. The van der Waals surface area contributed by atoms with Crippen LogP contribution in [0.1, 0.15) is 0 Å². The maximum absolute atomic E-state index is 6.86. The molecule has 0 unspecified atom stereocenters. The van der Waals surface area contributed by atoms with E-state index in [4.69, 9.17) is 19.4 Å². The van der Waals surface area contributed by atoms with Crippen molar-refractivity contribution in [3.63, 3.8) is 0 Å². The van der Waals surface area contributed by atoms with Crippen LogP contribution in [0.25, 0.3) is 143 Å². The van der Waals surface area contributed by atoms with E-state index >= 15 is 0 Å². The molecule has 15 aromatic rings. The minimum atomic E-state index is 0.545. The Hall–Kier alpha value is -9.39. The number of furan rings is 1. The third-order valence-corrected chi connectivity index (χ3v) is 14.1. The average molecular weight is 880 g/mol. The Bertz CT molecular complexity index is 4610. The molecule has 320 valence electrons. The van der Waals surface area contributed by atoms with Crippen LogP contribution in [0.4, 0.5) is 0 Å². The molecule has 0 aliphatic heterocycles. The number of benzene rings is 11. The van der Waals surface area contributed by atoms with E-state index < -0.39 is 0 Å². The van der Waals surface area contributed by atoms with Crippen LogP contribution in [0.5, 0.6) is 0 Å². The molecule has 4 heterocycles. The first kappa shape index (κ1) is 37.8. The van der Waals surface area contributed by atoms with Gasteiger partial charge < -0.3 is 13.6 Å². The Morgan fingerprint density at radius 1 is 0.290 bits per heavy atom. The molecule has 69 heavy (non-hydrogen) atoms. The fourth-order valence-corrected chi connectivity index (χ4v) is 10.9. The van der Waals surface area contributed by atoms with E-state index in [9.17, 15) is 0 Å². The highest BCUT2D eigenvalue weighted by molar-refractivity contribution is 6.16. The van der Waals surface area contributed by atoms with Crippen LogP contribution in [0.15, 0.2) is 229 Å². The molecule has 4 aromatic heterocycles. The molecule has 0 amide bonds. The molecule has 11 aromatic carbocycles. The van der Waals surface area contributed by atoms with Gasteiger partial charge in [0.15, 0.2) is 17.5 Å². The van der Waals surface area contributed by atoms with E-state index in [0.29, 0.717) is 17.5 Å². The van der Waals surface area contributed by atoms with Gasteiger partial charge in [-0.05, 0) is 111 Å². The summed E-state index contributed by atoms with van der Waals surface area (Å²) >= 11 is 0. The molecule has 6 nitrogen and oxygen atoms in total. The summed E-state index contributed by atoms with van der Waals surface area (Å²) in [5, 5.41) is 13.5. The van der Waals surface area contributed by atoms with Crippen LogP contribution in [-0.2, 0) is 0 Å². The summed E-state index contributed by atoms with van der Waals surface area (Å²) in [6.45, 7) is 0. The Morgan fingerprint density at radius 3 is 1.57 bits per heavy atom. The van der Waals surface area contributed by atoms with Crippen molar-refractivity contribution < 1.29 is 4.42 Å². The molecular formula is C63H37N5O. The van der Waals surface area contributed by atoms with E-state index in [2.05, 4.69) is 234 Å². The lowest BCUT2D eigenvalue weighted by molar-refractivity contribution is 0.669. The lowest BCUT2D eigenvalue weighted by atomic mass is 10.0. The minimum Gasteiger partial charge on any atom is -0.456 e. The van der Waals surface area contributed by atoms with Gasteiger partial charge in [-0.25, -0.2) is 15.0 Å². The normalized spacial score (nSPS) is 12.1. The average Bonchev–Trinajstić information content (AvgIpc) is 4.05. The number of aromatic nitrogens is 5. The van der Waals surface area contributed by atoms with Crippen LogP contribution in [0.3, 0.4) is 0 Å². The van der Waals surface area contributed by atoms with Gasteiger partial charge in [-0.2, -0.15) is 0 Å². The fraction of sp³-hybridized carbons (Fsp3) is 0. The van der Waals surface area contributed by atoms with Crippen LogP contribution in [0, 0.1) is 0 Å². The van der Waals surface area contributed by atoms with E-state index in [0.717, 1.165) is 104 Å². The van der Waals surface area contributed by atoms with Crippen molar-refractivity contribution in [1.82, 2.24) is 24.1 Å². The molecule has 0 fully saturated rings. The Morgan fingerprint density at radius 2 is 0.812 bits per heavy atom. The van der Waals surface area contributed by atoms with E-state index in [-0.39, 0.29) is 0 Å². The molecule has 15 rings (SSSR count). The molecule has 0 aliphatic rings. The minimum absolute atomic E-state index is 0.545. The fourth-order valence-electron chi connectivity index (χ4n) is 10.9. The quantitative estimate of drug-likeness (QED) is 0.173. The maximum atomic E-state index is 6.86. The zero-order valence-electron chi connectivity index (χ0n) is 37.0. The summed E-state index contributed by atoms with van der Waals surface area (Å²) in [4.78, 5) is 16.4. The van der Waals surface area contributed by atoms with Gasteiger partial charge >= 0.3 is 0 Å². The van der Waals surface area contributed by atoms with Gasteiger partial charge in [-0.1, -0.05) is 146 Å². The predicted molar refractivity (Wildman–Crippen MR) is 285 cm³/mol. The third kappa shape index (κ3) is 5.76. The van der Waals surface area contributed by atoms with Gasteiger partial charge in [0.2, 0.25) is 0 Å². The number of fused-ring (bicyclic) bond motifs is 12. The van der Waals surface area contributed by atoms with Crippen molar-refractivity contribution in [3.05, 3.63) is 224 Å². The zero-order chi connectivity index (χ0) is 45.2. The van der Waals surface area contributed by atoms with Crippen molar-refractivity contribution >= 4 is 97.9 Å². The van der Waals surface area contributed by atoms with Gasteiger partial charge in [0.1, 0.15) is 11.2 Å². The standard InChI is InChI=1S/C63H37N5O/c1-2-21-44(22-3-1)67-54-27-12-10-24-46(54)49-33-43(29-30-56(49)67)61-64-62(48-26-14-20-38-15-8-9-23-45(38)48)66-63(65-61)53-37-60-52(51-32-40-17-5-7-19-42(40)35-59(51)69-60)36-58(53)68-55-28-13-11-25-47(55)50-31-39-16-4-6-18-41(39)34-57(50)68/h1-37H. The third-order valence-electron chi connectivity index (χ3n) is 14.1. The second kappa shape index (κ2) is 14.6. The van der Waals surface area contributed by atoms with Crippen molar-refractivity contribution in [1.29, 1.82) is 0 Å². The first-order valence-corrected chi connectivity index (χ1v) is 23.3. The summed E-state index contributed by atoms with van der Waals surface area (Å²) < 4.78 is 11.6. The second-order valence-electron chi connectivity index (χ2n) is 18.0. The first-order chi connectivity index (χ1) is 34.2. The molecule has 0 aliphatic carbocycles. The molecule has 0 saturated heterocycles. The number of hydrogen-bond acceptors (Lipinski definition) is 4. The Balaban J connectivity index is 1.05. The van der Waals surface area contributed by atoms with Gasteiger partial charge in [0, 0.05) is 54.7 Å². The lowest BCUT2D eigenvalue weighted by Gasteiger charge is -2.16. The number of hydrogen-bond donors (Lipinski definition) is 0. The van der Waals surface area contributed by atoms with Crippen LogP contribution in [-0.4, -0.2) is 24.1 Å². The van der Waals surface area contributed by atoms with Crippen LogP contribution >= 0.6 is 0 Å². The van der Waals surface area contributed by atoms with Crippen molar-refractivity contribution in [3.8, 4) is 45.5 Å². The lowest BCUT2D eigenvalue weighted by Crippen LogP contribution is -2.04. The highest BCUT2D eigenvalue weighted by Gasteiger charge is 2.24. The highest BCUT2D eigenvalue weighted by Crippen LogP contribution is 2.43. The van der Waals surface area contributed by atoms with Gasteiger partial charge in [0.05, 0.1) is 27.8 Å². The molecular weight excluding hydrogens is 843 g/mol. The summed E-state index contributed by atoms with van der Waals surface area (Å²) in [5.74, 6) is 1.72. The van der Waals surface area contributed by atoms with E-state index in [1.807, 2.05) is 0 Å². The summed E-state index contributed by atoms with van der Waals surface area (Å²) in [5.41, 5.74) is 10.7. The first-order valence-electron chi connectivity index (χ1n) is 23.3. The van der Waals surface area contributed by atoms with Gasteiger partial charge in [-0.15, -0.1) is 0 Å². The van der Waals surface area contributed by atoms with Crippen molar-refractivity contribution in [2.24, 2.45) is 0 Å². The largest absolute Gasteiger partial charge is 0.456 e. The van der Waals surface area contributed by atoms with E-state index in [1.165, 1.54) is 21.5 Å². The van der Waals surface area contributed by atoms with Crippen molar-refractivity contribution in [2.45, 2.75) is 0 Å². The van der Waals surface area contributed by atoms with Gasteiger partial charge in [0.25, 0.3) is 0 Å². The number of para-hydroxylation sites is 3. The molecule has 0 N–H and O–H groups in total. The second-order valence-corrected chi connectivity index (χ2v) is 18.0. The smallest absolute Gasteiger partial charge is 0.166 e. The van der Waals surface area contributed by atoms with Gasteiger partial charge in [-0.3, -0.25) is 0 Å². The molecule has 0 radical (unpaired) electrons. The molecule has 6 heteroatoms.